The van der Waals surface area contributed by atoms with Crippen LogP contribution in [0.1, 0.15) is 30.4 Å². The smallest absolute Gasteiger partial charge is 0.264 e. The maximum atomic E-state index is 13.5. The summed E-state index contributed by atoms with van der Waals surface area (Å²) in [4.78, 5) is 15.9. The van der Waals surface area contributed by atoms with Crippen molar-refractivity contribution in [2.24, 2.45) is 0 Å². The van der Waals surface area contributed by atoms with Crippen molar-refractivity contribution < 1.29 is 17.9 Å². The molecule has 2 heterocycles. The van der Waals surface area contributed by atoms with Crippen LogP contribution in [0.4, 0.5) is 5.69 Å². The molecule has 0 saturated carbocycles. The van der Waals surface area contributed by atoms with Gasteiger partial charge in [0, 0.05) is 13.1 Å². The Morgan fingerprint density at radius 1 is 0.861 bits per heavy atom. The summed E-state index contributed by atoms with van der Waals surface area (Å²) in [6.07, 6.45) is 2.77. The number of anilines is 1. The molecule has 1 atom stereocenters. The number of carbonyl (C=O) groups excluding carboxylic acids is 1. The predicted molar refractivity (Wildman–Crippen MR) is 139 cm³/mol. The van der Waals surface area contributed by atoms with E-state index in [4.69, 9.17) is 4.74 Å². The largest absolute Gasteiger partial charge is 0.476 e. The van der Waals surface area contributed by atoms with Crippen molar-refractivity contribution in [3.63, 3.8) is 0 Å². The normalized spacial score (nSPS) is 18.2. The minimum atomic E-state index is -3.86. The van der Waals surface area contributed by atoms with E-state index < -0.39 is 16.1 Å². The van der Waals surface area contributed by atoms with E-state index in [0.717, 1.165) is 25.2 Å². The number of nitrogens with one attached hydrogen (secondary N) is 1. The molecule has 2 aliphatic rings. The van der Waals surface area contributed by atoms with E-state index in [0.29, 0.717) is 18.0 Å². The molecule has 8 heteroatoms. The molecule has 2 aliphatic heterocycles. The van der Waals surface area contributed by atoms with Gasteiger partial charge in [0.15, 0.2) is 6.10 Å². The number of likely N-dealkylation sites (tertiary alicyclic amines) is 1. The van der Waals surface area contributed by atoms with Crippen LogP contribution in [0.3, 0.4) is 0 Å². The summed E-state index contributed by atoms with van der Waals surface area (Å²) in [6, 6.07) is 23.3. The molecule has 7 nitrogen and oxygen atoms in total. The second-order valence-electron chi connectivity index (χ2n) is 9.25. The van der Waals surface area contributed by atoms with E-state index in [-0.39, 0.29) is 17.3 Å². The van der Waals surface area contributed by atoms with E-state index in [9.17, 15) is 13.2 Å². The highest BCUT2D eigenvalue weighted by atomic mass is 32.2. The molecule has 0 radical (unpaired) electrons. The quantitative estimate of drug-likeness (QED) is 0.526. The zero-order valence-corrected chi connectivity index (χ0v) is 21.0. The molecule has 0 aliphatic carbocycles. The lowest BCUT2D eigenvalue weighted by Gasteiger charge is -2.34. The number of nitrogens with zero attached hydrogens (tertiary/aromatic N) is 2. The van der Waals surface area contributed by atoms with Gasteiger partial charge in [-0.15, -0.1) is 0 Å². The van der Waals surface area contributed by atoms with Gasteiger partial charge in [0.05, 0.1) is 17.1 Å². The first-order valence-electron chi connectivity index (χ1n) is 12.4. The van der Waals surface area contributed by atoms with Crippen molar-refractivity contribution >= 4 is 21.6 Å². The van der Waals surface area contributed by atoms with Gasteiger partial charge in [0.25, 0.3) is 15.9 Å². The van der Waals surface area contributed by atoms with Crippen LogP contribution in [0.2, 0.25) is 0 Å². The van der Waals surface area contributed by atoms with Gasteiger partial charge >= 0.3 is 0 Å². The Hall–Kier alpha value is -3.36. The van der Waals surface area contributed by atoms with Crippen molar-refractivity contribution in [3.8, 4) is 5.75 Å². The van der Waals surface area contributed by atoms with Crippen molar-refractivity contribution in [2.45, 2.75) is 43.4 Å². The monoisotopic (exact) mass is 505 g/mol. The summed E-state index contributed by atoms with van der Waals surface area (Å²) in [5, 5.41) is 2.98. The van der Waals surface area contributed by atoms with Crippen molar-refractivity contribution in [1.29, 1.82) is 0 Å². The molecule has 1 saturated heterocycles. The molecule has 188 valence electrons. The molecule has 0 aromatic heterocycles. The molecular formula is C28H31N3O4S. The fourth-order valence-corrected chi connectivity index (χ4v) is 6.32. The molecule has 0 unspecified atom stereocenters. The standard InChI is InChI=1S/C28H31N3O4S/c32-28(29-19-22-11-5-6-12-23(22)20-30-17-9-2-10-18-30)27-21-31(25-15-7-8-16-26(25)35-27)36(33,34)24-13-3-1-4-14-24/h1,3-8,11-16,27H,2,9-10,17-21H2,(H,29,32)/t27-/m0/s1. The second-order valence-corrected chi connectivity index (χ2v) is 11.1. The second kappa shape index (κ2) is 10.7. The highest BCUT2D eigenvalue weighted by Gasteiger charge is 2.37. The van der Waals surface area contributed by atoms with Gasteiger partial charge in [-0.25, -0.2) is 8.42 Å². The summed E-state index contributed by atoms with van der Waals surface area (Å²) in [5.41, 5.74) is 2.68. The number of hydrogen-bond acceptors (Lipinski definition) is 5. The number of para-hydroxylation sites is 2. The number of sulfonamides is 1. The third-order valence-electron chi connectivity index (χ3n) is 6.77. The molecular weight excluding hydrogens is 474 g/mol. The Balaban J connectivity index is 1.32. The summed E-state index contributed by atoms with van der Waals surface area (Å²) in [5.74, 6) is 0.0273. The number of rotatable bonds is 7. The zero-order chi connectivity index (χ0) is 25.0. The Morgan fingerprint density at radius 3 is 2.31 bits per heavy atom. The van der Waals surface area contributed by atoms with Crippen LogP contribution in [0.5, 0.6) is 5.75 Å². The molecule has 1 N–H and O–H groups in total. The molecule has 1 amide bonds. The van der Waals surface area contributed by atoms with Crippen LogP contribution >= 0.6 is 0 Å². The fourth-order valence-electron chi connectivity index (χ4n) is 4.82. The van der Waals surface area contributed by atoms with Gasteiger partial charge in [0.1, 0.15) is 5.75 Å². The molecule has 1 fully saturated rings. The van der Waals surface area contributed by atoms with Gasteiger partial charge in [0.2, 0.25) is 0 Å². The van der Waals surface area contributed by atoms with Gasteiger partial charge in [-0.3, -0.25) is 14.0 Å². The van der Waals surface area contributed by atoms with Gasteiger partial charge in [-0.2, -0.15) is 0 Å². The average Bonchev–Trinajstić information content (AvgIpc) is 2.93. The molecule has 0 bridgehead atoms. The van der Waals surface area contributed by atoms with E-state index in [1.54, 1.807) is 54.6 Å². The van der Waals surface area contributed by atoms with E-state index in [1.807, 2.05) is 18.2 Å². The fraction of sp³-hybridized carbons (Fsp3) is 0.321. The molecule has 36 heavy (non-hydrogen) atoms. The lowest BCUT2D eigenvalue weighted by molar-refractivity contribution is -0.127. The molecule has 0 spiro atoms. The van der Waals surface area contributed by atoms with E-state index in [2.05, 4.69) is 16.3 Å². The minimum absolute atomic E-state index is 0.102. The van der Waals surface area contributed by atoms with E-state index in [1.165, 1.54) is 29.1 Å². The van der Waals surface area contributed by atoms with Crippen molar-refractivity contribution in [3.05, 3.63) is 90.0 Å². The van der Waals surface area contributed by atoms with Crippen LogP contribution < -0.4 is 14.4 Å². The van der Waals surface area contributed by atoms with Gasteiger partial charge in [-0.05, 0) is 61.3 Å². The third-order valence-corrected chi connectivity index (χ3v) is 8.57. The maximum Gasteiger partial charge on any atom is 0.264 e. The Morgan fingerprint density at radius 2 is 1.53 bits per heavy atom. The first-order chi connectivity index (χ1) is 17.5. The molecule has 3 aromatic carbocycles. The summed E-state index contributed by atoms with van der Waals surface area (Å²) < 4.78 is 34.2. The van der Waals surface area contributed by atoms with Crippen LogP contribution in [0, 0.1) is 0 Å². The highest BCUT2D eigenvalue weighted by molar-refractivity contribution is 7.92. The van der Waals surface area contributed by atoms with Crippen LogP contribution in [0.15, 0.2) is 83.8 Å². The van der Waals surface area contributed by atoms with Gasteiger partial charge < -0.3 is 10.1 Å². The predicted octanol–water partition coefficient (Wildman–Crippen LogP) is 3.95. The third kappa shape index (κ3) is 5.24. The van der Waals surface area contributed by atoms with Gasteiger partial charge in [-0.1, -0.05) is 61.0 Å². The SMILES string of the molecule is O=C(NCc1ccccc1CN1CCCCC1)[C@@H]1CN(S(=O)(=O)c2ccccc2)c2ccccc2O1. The number of hydrogen-bond donors (Lipinski definition) is 1. The lowest BCUT2D eigenvalue weighted by Crippen LogP contribution is -2.50. The lowest BCUT2D eigenvalue weighted by atomic mass is 10.0. The highest BCUT2D eigenvalue weighted by Crippen LogP contribution is 2.36. The van der Waals surface area contributed by atoms with Crippen molar-refractivity contribution in [2.75, 3.05) is 23.9 Å². The van der Waals surface area contributed by atoms with E-state index >= 15 is 0 Å². The zero-order valence-electron chi connectivity index (χ0n) is 20.2. The van der Waals surface area contributed by atoms with Crippen LogP contribution in [0.25, 0.3) is 0 Å². The van der Waals surface area contributed by atoms with Crippen LogP contribution in [-0.4, -0.2) is 45.0 Å². The summed E-state index contributed by atoms with van der Waals surface area (Å²) >= 11 is 0. The number of ether oxygens (including phenoxy) is 1. The van der Waals surface area contributed by atoms with Crippen molar-refractivity contribution in [1.82, 2.24) is 10.2 Å². The number of carbonyl (C=O) groups is 1. The molecule has 3 aromatic rings. The Kier molecular flexibility index (Phi) is 7.25. The molecule has 5 rings (SSSR count). The first-order valence-corrected chi connectivity index (χ1v) is 13.9. The first kappa shape index (κ1) is 24.3. The Labute approximate surface area is 212 Å². The Bertz CT molecular complexity index is 1310. The maximum absolute atomic E-state index is 13.5. The number of benzene rings is 3. The average molecular weight is 506 g/mol. The summed E-state index contributed by atoms with van der Waals surface area (Å²) in [7, 11) is -3.86. The topological polar surface area (TPSA) is 79.0 Å². The number of fused-ring (bicyclic) bond motifs is 1. The summed E-state index contributed by atoms with van der Waals surface area (Å²) in [6.45, 7) is 3.32. The van der Waals surface area contributed by atoms with Crippen LogP contribution in [-0.2, 0) is 27.9 Å². The number of piperidine rings is 1. The minimum Gasteiger partial charge on any atom is -0.476 e. The number of amides is 1.